The molecule has 0 amide bonds. The Morgan fingerprint density at radius 2 is 1.82 bits per heavy atom. The van der Waals surface area contributed by atoms with Gasteiger partial charge in [0.25, 0.3) is 0 Å². The maximum absolute atomic E-state index is 14.8. The van der Waals surface area contributed by atoms with E-state index in [0.29, 0.717) is 22.8 Å². The SMILES string of the molecule is CCCC1C=CC23N=CN=C2C(c2ccc(F)c(-c4ccc(S(=O)(=O)CC)cc4)c2)=NC3=C1. The Morgan fingerprint density at radius 3 is 2.55 bits per heavy atom. The third-order valence-corrected chi connectivity index (χ3v) is 8.13. The lowest BCUT2D eigenvalue weighted by Crippen LogP contribution is -2.35. The van der Waals surface area contributed by atoms with Gasteiger partial charge in [-0.1, -0.05) is 44.6 Å². The minimum absolute atomic E-state index is 0.0192. The molecule has 5 nitrogen and oxygen atoms in total. The van der Waals surface area contributed by atoms with Crippen LogP contribution < -0.4 is 0 Å². The summed E-state index contributed by atoms with van der Waals surface area (Å²) < 4.78 is 39.0. The van der Waals surface area contributed by atoms with Crippen LogP contribution in [0.25, 0.3) is 11.1 Å². The van der Waals surface area contributed by atoms with Crippen molar-refractivity contribution in [1.29, 1.82) is 0 Å². The fourth-order valence-electron chi connectivity index (χ4n) is 4.53. The fraction of sp³-hybridized carbons (Fsp3) is 0.269. The number of aliphatic imine (C=N–C) groups is 3. The number of allylic oxidation sites excluding steroid dienone is 2. The second-order valence-electron chi connectivity index (χ2n) is 8.44. The van der Waals surface area contributed by atoms with Crippen LogP contribution in [0, 0.1) is 11.7 Å². The van der Waals surface area contributed by atoms with Crippen molar-refractivity contribution in [3.05, 3.63) is 77.8 Å². The van der Waals surface area contributed by atoms with Crippen LogP contribution in [-0.4, -0.2) is 37.5 Å². The molecular weight excluding hydrogens is 437 g/mol. The predicted octanol–water partition coefficient (Wildman–Crippen LogP) is 5.18. The molecule has 0 bridgehead atoms. The second-order valence-corrected chi connectivity index (χ2v) is 10.7. The number of nitrogens with zero attached hydrogens (tertiary/aromatic N) is 3. The highest BCUT2D eigenvalue weighted by Gasteiger charge is 2.48. The van der Waals surface area contributed by atoms with E-state index in [2.05, 4.69) is 35.1 Å². The number of rotatable bonds is 6. The Morgan fingerprint density at radius 1 is 1.06 bits per heavy atom. The summed E-state index contributed by atoms with van der Waals surface area (Å²) in [6, 6.07) is 11.2. The molecule has 0 saturated heterocycles. The summed E-state index contributed by atoms with van der Waals surface area (Å²) in [6.45, 7) is 3.76. The maximum Gasteiger partial charge on any atom is 0.178 e. The number of halogens is 1. The molecule has 2 unspecified atom stereocenters. The molecule has 1 spiro atoms. The standard InChI is InChI=1S/C26H24FN3O2S/c1-3-5-17-12-13-26-23(14-17)30-24(25(26)28-16-29-26)19-8-11-22(27)21(15-19)18-6-9-20(10-7-18)33(31,32)4-2/h6-17H,3-5H2,1-2H3. The van der Waals surface area contributed by atoms with Gasteiger partial charge in [-0.05, 0) is 54.3 Å². The Labute approximate surface area is 193 Å². The molecule has 2 atom stereocenters. The molecule has 5 rings (SSSR count). The smallest absolute Gasteiger partial charge is 0.178 e. The summed E-state index contributed by atoms with van der Waals surface area (Å²) in [5.41, 5.74) is 3.36. The zero-order valence-electron chi connectivity index (χ0n) is 18.5. The average Bonchev–Trinajstić information content (AvgIpc) is 3.37. The minimum atomic E-state index is -3.32. The van der Waals surface area contributed by atoms with Crippen LogP contribution in [0.15, 0.2) is 86.3 Å². The van der Waals surface area contributed by atoms with E-state index in [1.54, 1.807) is 37.5 Å². The van der Waals surface area contributed by atoms with Crippen molar-refractivity contribution in [1.82, 2.24) is 0 Å². The van der Waals surface area contributed by atoms with Crippen molar-refractivity contribution in [2.24, 2.45) is 20.9 Å². The summed E-state index contributed by atoms with van der Waals surface area (Å²) in [4.78, 5) is 14.3. The molecule has 0 N–H and O–H groups in total. The van der Waals surface area contributed by atoms with Crippen LogP contribution >= 0.6 is 0 Å². The van der Waals surface area contributed by atoms with E-state index < -0.39 is 15.4 Å². The van der Waals surface area contributed by atoms with E-state index in [9.17, 15) is 12.8 Å². The molecule has 2 aliphatic heterocycles. The topological polar surface area (TPSA) is 71.2 Å². The number of benzene rings is 2. The molecule has 3 aliphatic rings. The van der Waals surface area contributed by atoms with Gasteiger partial charge < -0.3 is 0 Å². The molecular formula is C26H24FN3O2S. The monoisotopic (exact) mass is 461 g/mol. The van der Waals surface area contributed by atoms with Crippen molar-refractivity contribution in [2.45, 2.75) is 37.1 Å². The van der Waals surface area contributed by atoms with Gasteiger partial charge in [0.15, 0.2) is 15.4 Å². The normalized spacial score (nSPS) is 23.1. The lowest BCUT2D eigenvalue weighted by molar-refractivity contribution is 0.597. The van der Waals surface area contributed by atoms with Crippen molar-refractivity contribution < 1.29 is 12.8 Å². The third-order valence-electron chi connectivity index (χ3n) is 6.38. The maximum atomic E-state index is 14.8. The van der Waals surface area contributed by atoms with E-state index in [-0.39, 0.29) is 16.5 Å². The van der Waals surface area contributed by atoms with Crippen LogP contribution in [0.1, 0.15) is 32.3 Å². The molecule has 7 heteroatoms. The predicted molar refractivity (Wildman–Crippen MR) is 130 cm³/mol. The summed E-state index contributed by atoms with van der Waals surface area (Å²) in [5, 5.41) is 0. The van der Waals surface area contributed by atoms with Crippen LogP contribution in [0.2, 0.25) is 0 Å². The van der Waals surface area contributed by atoms with E-state index in [0.717, 1.165) is 29.8 Å². The van der Waals surface area contributed by atoms with Gasteiger partial charge in [-0.2, -0.15) is 0 Å². The number of sulfone groups is 1. The van der Waals surface area contributed by atoms with Gasteiger partial charge in [0.1, 0.15) is 17.9 Å². The van der Waals surface area contributed by atoms with Gasteiger partial charge in [-0.3, -0.25) is 0 Å². The van der Waals surface area contributed by atoms with Crippen LogP contribution in [0.5, 0.6) is 0 Å². The second kappa shape index (κ2) is 7.99. The average molecular weight is 462 g/mol. The largest absolute Gasteiger partial charge is 0.250 e. The third kappa shape index (κ3) is 3.51. The van der Waals surface area contributed by atoms with Crippen LogP contribution in [-0.2, 0) is 9.84 Å². The Kier molecular flexibility index (Phi) is 5.24. The van der Waals surface area contributed by atoms with Crippen LogP contribution in [0.4, 0.5) is 4.39 Å². The lowest BCUT2D eigenvalue weighted by atomic mass is 9.82. The van der Waals surface area contributed by atoms with Crippen molar-refractivity contribution in [2.75, 3.05) is 5.75 Å². The summed E-state index contributed by atoms with van der Waals surface area (Å²) in [5.74, 6) is -0.0504. The molecule has 0 aromatic heterocycles. The number of hydrogen-bond donors (Lipinski definition) is 0. The highest BCUT2D eigenvalue weighted by molar-refractivity contribution is 7.91. The van der Waals surface area contributed by atoms with Gasteiger partial charge >= 0.3 is 0 Å². The Bertz CT molecular complexity index is 1390. The molecule has 2 heterocycles. The Hall–Kier alpha value is -3.19. The number of hydrogen-bond acceptors (Lipinski definition) is 5. The van der Waals surface area contributed by atoms with E-state index in [4.69, 9.17) is 4.99 Å². The molecule has 1 aliphatic carbocycles. The first-order valence-corrected chi connectivity index (χ1v) is 12.8. The summed E-state index contributed by atoms with van der Waals surface area (Å²) in [6.07, 6.45) is 10.1. The first-order valence-electron chi connectivity index (χ1n) is 11.1. The van der Waals surface area contributed by atoms with Gasteiger partial charge in [0.2, 0.25) is 0 Å². The van der Waals surface area contributed by atoms with Gasteiger partial charge in [-0.25, -0.2) is 27.8 Å². The van der Waals surface area contributed by atoms with Gasteiger partial charge in [0.05, 0.1) is 22.1 Å². The minimum Gasteiger partial charge on any atom is -0.250 e. The highest BCUT2D eigenvalue weighted by Crippen LogP contribution is 2.41. The first kappa shape index (κ1) is 21.6. The van der Waals surface area contributed by atoms with Crippen molar-refractivity contribution in [3.63, 3.8) is 0 Å². The zero-order valence-corrected chi connectivity index (χ0v) is 19.3. The van der Waals surface area contributed by atoms with E-state index in [1.807, 2.05) is 0 Å². The molecule has 33 heavy (non-hydrogen) atoms. The van der Waals surface area contributed by atoms with Crippen molar-refractivity contribution in [3.8, 4) is 11.1 Å². The molecule has 2 aromatic carbocycles. The lowest BCUT2D eigenvalue weighted by Gasteiger charge is -2.24. The summed E-state index contributed by atoms with van der Waals surface area (Å²) in [7, 11) is -3.32. The van der Waals surface area contributed by atoms with Gasteiger partial charge in [0, 0.05) is 11.1 Å². The molecule has 0 radical (unpaired) electrons. The summed E-state index contributed by atoms with van der Waals surface area (Å²) >= 11 is 0. The van der Waals surface area contributed by atoms with E-state index >= 15 is 0 Å². The van der Waals surface area contributed by atoms with Gasteiger partial charge in [-0.15, -0.1) is 0 Å². The highest BCUT2D eigenvalue weighted by atomic mass is 32.2. The molecule has 0 fully saturated rings. The Balaban J connectivity index is 1.55. The molecule has 2 aromatic rings. The van der Waals surface area contributed by atoms with Crippen LogP contribution in [0.3, 0.4) is 0 Å². The molecule has 168 valence electrons. The van der Waals surface area contributed by atoms with E-state index in [1.165, 1.54) is 18.2 Å². The first-order chi connectivity index (χ1) is 15.9. The van der Waals surface area contributed by atoms with Crippen molar-refractivity contribution >= 4 is 27.6 Å². The molecule has 0 saturated carbocycles. The fourth-order valence-corrected chi connectivity index (χ4v) is 5.42. The zero-order chi connectivity index (χ0) is 23.2. The quantitative estimate of drug-likeness (QED) is 0.556.